The van der Waals surface area contributed by atoms with Gasteiger partial charge in [0.1, 0.15) is 5.75 Å². The Bertz CT molecular complexity index is 609. The van der Waals surface area contributed by atoms with Gasteiger partial charge in [0.2, 0.25) is 0 Å². The lowest BCUT2D eigenvalue weighted by molar-refractivity contribution is -0.132. The van der Waals surface area contributed by atoms with Crippen LogP contribution in [0.25, 0.3) is 0 Å². The van der Waals surface area contributed by atoms with E-state index in [1.807, 2.05) is 30.3 Å². The fraction of sp³-hybridized carbons (Fsp3) is 0.500. The second kappa shape index (κ2) is 81.6. The molecule has 0 bridgehead atoms. The average molecular weight is 730 g/mol. The topological polar surface area (TPSA) is 235 Å². The lowest BCUT2D eigenvalue weighted by Crippen LogP contribution is -2.34. The van der Waals surface area contributed by atoms with E-state index in [4.69, 9.17) is 60.5 Å². The molecule has 0 aliphatic rings. The summed E-state index contributed by atoms with van der Waals surface area (Å²) >= 11 is 0. The molecule has 1 N–H and O–H groups in total. The number of aliphatic carboxylic acids is 1. The van der Waals surface area contributed by atoms with Crippen molar-refractivity contribution in [2.45, 2.75) is 64.1 Å². The summed E-state index contributed by atoms with van der Waals surface area (Å²) in [4.78, 5) is 10.6. The van der Waals surface area contributed by atoms with E-state index in [0.717, 1.165) is 25.2 Å². The van der Waals surface area contributed by atoms with E-state index in [0.29, 0.717) is 12.2 Å². The van der Waals surface area contributed by atoms with E-state index >= 15 is 0 Å². The van der Waals surface area contributed by atoms with Gasteiger partial charge in [-0.3, -0.25) is 0 Å². The van der Waals surface area contributed by atoms with Crippen molar-refractivity contribution >= 4 is 5.97 Å². The van der Waals surface area contributed by atoms with Gasteiger partial charge in [0.25, 0.3) is 5.79 Å². The molecule has 51 heavy (non-hydrogen) atoms. The molecule has 0 heterocycles. The molecule has 0 aromatic heterocycles. The van der Waals surface area contributed by atoms with Crippen LogP contribution in [0.3, 0.4) is 0 Å². The molecule has 0 aliphatic heterocycles. The Labute approximate surface area is 312 Å². The van der Waals surface area contributed by atoms with Gasteiger partial charge in [0.15, 0.2) is 0 Å². The molecule has 295 valence electrons. The van der Waals surface area contributed by atoms with Crippen LogP contribution >= 0.6 is 0 Å². The van der Waals surface area contributed by atoms with Crippen molar-refractivity contribution in [1.82, 2.24) is 0 Å². The molecule has 13 heteroatoms. The summed E-state index contributed by atoms with van der Waals surface area (Å²) in [6.45, 7) is 30.4. The van der Waals surface area contributed by atoms with Crippen molar-refractivity contribution in [3.05, 3.63) is 112 Å². The van der Waals surface area contributed by atoms with Crippen LogP contribution in [0.2, 0.25) is 0 Å². The normalized spacial score (nSPS) is 9.57. The molecule has 0 amide bonds. The predicted molar refractivity (Wildman–Crippen MR) is 194 cm³/mol. The van der Waals surface area contributed by atoms with Crippen LogP contribution in [-0.4, -0.2) is 76.3 Å². The quantitative estimate of drug-likeness (QED) is 0.0933. The zero-order valence-corrected chi connectivity index (χ0v) is 31.0. The number of rotatable bonds is 13. The summed E-state index contributed by atoms with van der Waals surface area (Å²) in [7, 11) is 0. The molecule has 0 fully saturated rings. The molecule has 1 unspecified atom stereocenters. The fourth-order valence-corrected chi connectivity index (χ4v) is 2.41. The van der Waals surface area contributed by atoms with Gasteiger partial charge < -0.3 is 14.6 Å². The lowest BCUT2D eigenvalue weighted by atomic mass is 10.1. The maximum Gasteiger partial charge on any atom is 0.331 e. The number of benzene rings is 1. The van der Waals surface area contributed by atoms with E-state index in [2.05, 4.69) is 76.2 Å². The first kappa shape index (κ1) is 70.3. The second-order valence-electron chi connectivity index (χ2n) is 7.79. The van der Waals surface area contributed by atoms with Crippen LogP contribution in [0.4, 0.5) is 0 Å². The number of unbranched alkanes of at least 4 members (excludes halogenated alkanes) is 6. The number of carboxylic acids is 1. The van der Waals surface area contributed by atoms with Gasteiger partial charge in [-0.1, -0.05) is 63.6 Å². The maximum atomic E-state index is 10.6. The molecule has 13 nitrogen and oxygen atoms in total. The van der Waals surface area contributed by atoms with Gasteiger partial charge in [0.05, 0.1) is 71.8 Å². The Morgan fingerprint density at radius 3 is 1.18 bits per heavy atom. The molecule has 0 saturated carbocycles. The standard InChI is InChI=1S/C20H29O4.9C2H4O/c1-3-4-5-6-7-8-12-16-20(2,23-17-15-19(21)22)24-18-13-10-9-11-14-18;9*1-2-3/h9-11,13-15,17H,2-8,12,16H2,1H3,(H,21,22);9*1-2H2. The highest BCUT2D eigenvalue weighted by molar-refractivity contribution is 5.79. The van der Waals surface area contributed by atoms with Crippen LogP contribution in [0.15, 0.2) is 42.7 Å². The van der Waals surface area contributed by atoms with Crippen LogP contribution in [0.5, 0.6) is 5.75 Å². The smallest absolute Gasteiger partial charge is 0.331 e. The Balaban J connectivity index is -0.0000000758. The Kier molecular flexibility index (Phi) is 112. The summed E-state index contributed by atoms with van der Waals surface area (Å²) in [6.07, 6.45) is 10.9. The molecule has 0 aliphatic carbocycles. The van der Waals surface area contributed by atoms with Gasteiger partial charge in [-0.05, 0) is 80.9 Å². The van der Waals surface area contributed by atoms with Crippen LogP contribution in [-0.2, 0) is 55.5 Å². The predicted octanol–water partition coefficient (Wildman–Crippen LogP) is 7.61. The Hall–Kier alpha value is -2.33. The zero-order valence-electron chi connectivity index (χ0n) is 31.0. The number of hydrogen-bond donors (Lipinski definition) is 1. The second-order valence-corrected chi connectivity index (χ2v) is 7.79. The highest BCUT2D eigenvalue weighted by Crippen LogP contribution is 2.25. The molecular weight excluding hydrogens is 664 g/mol. The minimum atomic E-state index is -1.11. The first-order chi connectivity index (χ1) is 24.3. The summed E-state index contributed by atoms with van der Waals surface area (Å²) in [5.74, 6) is -1.52. The summed E-state index contributed by atoms with van der Waals surface area (Å²) in [6, 6.07) is 9.30. The minimum absolute atomic E-state index is 0.250. The lowest BCUT2D eigenvalue weighted by Gasteiger charge is -2.29. The Morgan fingerprint density at radius 2 is 0.882 bits per heavy atom. The highest BCUT2D eigenvalue weighted by Gasteiger charge is 2.27. The summed E-state index contributed by atoms with van der Waals surface area (Å²) in [5, 5.41) is 88.1. The van der Waals surface area contributed by atoms with Gasteiger partial charge in [-0.2, -0.15) is 0 Å². The first-order valence-electron chi connectivity index (χ1n) is 15.8. The van der Waals surface area contributed by atoms with E-state index in [9.17, 15) is 4.79 Å². The maximum absolute atomic E-state index is 10.6. The number of carboxylic acid groups (broad SMARTS) is 1. The minimum Gasteiger partial charge on any atom is -0.478 e. The van der Waals surface area contributed by atoms with Gasteiger partial charge in [-0.15, -0.1) is 0 Å². The van der Waals surface area contributed by atoms with Gasteiger partial charge in [-0.25, -0.2) is 50.8 Å². The van der Waals surface area contributed by atoms with Crippen LogP contribution in [0.1, 0.15) is 58.3 Å². The molecule has 1 rings (SSSR count). The number of hydrogen-bond acceptors (Lipinski definition) is 3. The number of ether oxygens (including phenoxy) is 2. The third-order valence-electron chi connectivity index (χ3n) is 3.70. The SMILES string of the molecule is [CH2]C(CCCCCCCCC)(OC=CC(=O)O)Oc1ccccc1.[CH2]C[O].[CH2]C[O].[CH2]C[O].[CH2]C[O].[CH2]C[O].[CH2]C[O].[CH2]C[O].[CH2]C[O].[CH2]C[O]. The van der Waals surface area contributed by atoms with Crippen LogP contribution < -0.4 is 4.74 Å². The molecule has 19 radical (unpaired) electrons. The summed E-state index contributed by atoms with van der Waals surface area (Å²) < 4.78 is 11.3. The van der Waals surface area contributed by atoms with Crippen LogP contribution in [0, 0.1) is 69.2 Å². The van der Waals surface area contributed by atoms with Crippen molar-refractivity contribution in [2.75, 3.05) is 59.5 Å². The monoisotopic (exact) mass is 729 g/mol. The van der Waals surface area contributed by atoms with E-state index in [1.54, 1.807) is 0 Å². The Morgan fingerprint density at radius 1 is 0.588 bits per heavy atom. The van der Waals surface area contributed by atoms with Gasteiger partial charge >= 0.3 is 5.97 Å². The van der Waals surface area contributed by atoms with Crippen molar-refractivity contribution in [3.8, 4) is 5.75 Å². The number of carbonyl (C=O) groups is 1. The molecule has 1 atom stereocenters. The van der Waals surface area contributed by atoms with E-state index in [1.165, 1.54) is 32.1 Å². The molecule has 0 saturated heterocycles. The van der Waals surface area contributed by atoms with Gasteiger partial charge in [0, 0.05) is 13.3 Å². The third kappa shape index (κ3) is 130. The third-order valence-corrected chi connectivity index (χ3v) is 3.70. The molecule has 1 aromatic carbocycles. The molecule has 1 aromatic rings. The fourth-order valence-electron chi connectivity index (χ4n) is 2.41. The zero-order chi connectivity index (χ0) is 42.0. The molecule has 0 spiro atoms. The van der Waals surface area contributed by atoms with E-state index < -0.39 is 11.8 Å². The largest absolute Gasteiger partial charge is 0.478 e. The van der Waals surface area contributed by atoms with E-state index in [-0.39, 0.29) is 59.5 Å². The van der Waals surface area contributed by atoms with Crippen molar-refractivity contribution < 1.29 is 65.3 Å². The van der Waals surface area contributed by atoms with Crippen molar-refractivity contribution in [1.29, 1.82) is 0 Å². The highest BCUT2D eigenvalue weighted by atomic mass is 16.7. The molecular formula is C38H65O13. The van der Waals surface area contributed by atoms with Crippen molar-refractivity contribution in [2.24, 2.45) is 0 Å². The van der Waals surface area contributed by atoms with Crippen molar-refractivity contribution in [3.63, 3.8) is 0 Å². The summed E-state index contributed by atoms with van der Waals surface area (Å²) in [5.41, 5.74) is 0. The first-order valence-corrected chi connectivity index (χ1v) is 15.8. The number of para-hydroxylation sites is 1. The average Bonchev–Trinajstić information content (AvgIpc) is 3.04.